The molecule has 0 N–H and O–H groups in total. The fourth-order valence-corrected chi connectivity index (χ4v) is 36.1. The molecule has 13 heavy (non-hydrogen) atoms. The Bertz CT molecular complexity index is 137. The third kappa shape index (κ3) is 4.32. The molecule has 0 unspecified atom stereocenters. The van der Waals surface area contributed by atoms with Crippen molar-refractivity contribution >= 4 is 34.6 Å². The summed E-state index contributed by atoms with van der Waals surface area (Å²) in [5, 5.41) is 0. The van der Waals surface area contributed by atoms with Gasteiger partial charge in [0.1, 0.15) is 7.38 Å². The van der Waals surface area contributed by atoms with Gasteiger partial charge < -0.3 is 0 Å². The molecule has 0 bridgehead atoms. The van der Waals surface area contributed by atoms with Crippen LogP contribution in [0.4, 0.5) is 0 Å². The molecule has 0 aliphatic rings. The number of rotatable bonds is 3. The second-order valence-electron chi connectivity index (χ2n) is 6.73. The molecule has 0 fully saturated rings. The molecule has 0 saturated carbocycles. The topological polar surface area (TPSA) is 0 Å². The zero-order valence-electron chi connectivity index (χ0n) is 10.5. The van der Waals surface area contributed by atoms with Crippen molar-refractivity contribution < 1.29 is 0 Å². The van der Waals surface area contributed by atoms with E-state index in [2.05, 4.69) is 52.4 Å². The summed E-state index contributed by atoms with van der Waals surface area (Å²) < 4.78 is 0. The Hall–Kier alpha value is 0.941. The van der Waals surface area contributed by atoms with Gasteiger partial charge in [0, 0.05) is 16.1 Å². The van der Waals surface area contributed by atoms with Crippen LogP contribution in [0, 0.1) is 0 Å². The second-order valence-corrected chi connectivity index (χ2v) is 25.7. The van der Waals surface area contributed by atoms with E-state index in [1.807, 2.05) is 0 Å². The summed E-state index contributed by atoms with van der Waals surface area (Å²) in [6, 6.07) is 0. The summed E-state index contributed by atoms with van der Waals surface area (Å²) in [5.41, 5.74) is 0. The van der Waals surface area contributed by atoms with Gasteiger partial charge in [0.05, 0.1) is 0 Å². The smallest absolute Gasteiger partial charge is 0.148 e. The lowest BCUT2D eigenvalue weighted by Crippen LogP contribution is -2.54. The molecular weight excluding hydrogens is 228 g/mol. The maximum atomic E-state index is 6.68. The van der Waals surface area contributed by atoms with E-state index in [0.29, 0.717) is 0 Å². The van der Waals surface area contributed by atoms with Crippen molar-refractivity contribution in [3.63, 3.8) is 0 Å². The van der Waals surface area contributed by atoms with Crippen LogP contribution < -0.4 is 0 Å². The van der Waals surface area contributed by atoms with Crippen molar-refractivity contribution in [1.82, 2.24) is 0 Å². The van der Waals surface area contributed by atoms with Crippen molar-refractivity contribution in [2.75, 3.05) is 0 Å². The molecule has 0 nitrogen and oxygen atoms in total. The Morgan fingerprint density at radius 2 is 0.923 bits per heavy atom. The largest absolute Gasteiger partial charge is 0.168 e. The van der Waals surface area contributed by atoms with Crippen molar-refractivity contribution in [1.29, 1.82) is 0 Å². The van der Waals surface area contributed by atoms with E-state index in [1.54, 1.807) is 0 Å². The molecule has 0 aliphatic carbocycles. The van der Waals surface area contributed by atoms with Gasteiger partial charge in [0.15, 0.2) is 0 Å². The fourth-order valence-electron chi connectivity index (χ4n) is 3.36. The minimum atomic E-state index is -1.46. The molecule has 0 amide bonds. The molecule has 0 heterocycles. The van der Waals surface area contributed by atoms with Crippen LogP contribution in [0.15, 0.2) is 0 Å². The van der Waals surface area contributed by atoms with Crippen LogP contribution in [0.25, 0.3) is 0 Å². The van der Waals surface area contributed by atoms with Gasteiger partial charge in [-0.3, -0.25) is 0 Å². The summed E-state index contributed by atoms with van der Waals surface area (Å²) in [6.45, 7) is 19.5. The summed E-state index contributed by atoms with van der Waals surface area (Å²) in [7, 11) is -3.59. The first-order chi connectivity index (χ1) is 5.37. The van der Waals surface area contributed by atoms with E-state index in [9.17, 15) is 0 Å². The third-order valence-electron chi connectivity index (χ3n) is 2.42. The second kappa shape index (κ2) is 3.83. The van der Waals surface area contributed by atoms with E-state index in [4.69, 9.17) is 11.1 Å². The summed E-state index contributed by atoms with van der Waals surface area (Å²) in [6.07, 6.45) is 0. The Labute approximate surface area is 91.8 Å². The van der Waals surface area contributed by atoms with Gasteiger partial charge in [-0.25, -0.2) is 0 Å². The van der Waals surface area contributed by atoms with E-state index in [0.717, 1.165) is 4.79 Å². The van der Waals surface area contributed by atoms with Gasteiger partial charge in [-0.1, -0.05) is 52.4 Å². The Kier molecular flexibility index (Phi) is 4.11. The highest BCUT2D eigenvalue weighted by Crippen LogP contribution is 2.41. The molecule has 80 valence electrons. The van der Waals surface area contributed by atoms with Crippen molar-refractivity contribution in [2.24, 2.45) is 0 Å². The Balaban J connectivity index is 5.02. The highest BCUT2D eigenvalue weighted by atomic mass is 35.6. The number of hydrogen-bond donors (Lipinski definition) is 0. The summed E-state index contributed by atoms with van der Waals surface area (Å²) in [5.74, 6) is 0. The van der Waals surface area contributed by atoms with Gasteiger partial charge in [-0.05, 0) is 4.79 Å². The van der Waals surface area contributed by atoms with Crippen LogP contribution in [-0.2, 0) is 0 Å². The van der Waals surface area contributed by atoms with Gasteiger partial charge in [-0.2, -0.15) is 11.1 Å². The quantitative estimate of drug-likeness (QED) is 0.511. The maximum absolute atomic E-state index is 6.68. The molecule has 0 aliphatic heterocycles. The number of hydrogen-bond acceptors (Lipinski definition) is 0. The van der Waals surface area contributed by atoms with Crippen LogP contribution in [0.3, 0.4) is 0 Å². The zero-order valence-corrected chi connectivity index (χ0v) is 14.2. The van der Waals surface area contributed by atoms with Crippen LogP contribution in [0.5, 0.6) is 0 Å². The molecule has 4 heteroatoms. The summed E-state index contributed by atoms with van der Waals surface area (Å²) in [4.78, 5) is 0.911. The molecule has 0 saturated heterocycles. The third-order valence-corrected chi connectivity index (χ3v) is 23.7. The Morgan fingerprint density at radius 1 is 0.692 bits per heavy atom. The van der Waals surface area contributed by atoms with E-state index < -0.39 is 23.5 Å². The Morgan fingerprint density at radius 3 is 0.923 bits per heavy atom. The molecule has 0 aromatic carbocycles. The van der Waals surface area contributed by atoms with Crippen molar-refractivity contribution in [3.05, 3.63) is 0 Å². The summed E-state index contributed by atoms with van der Waals surface area (Å²) >= 11 is 6.68. The highest BCUT2D eigenvalue weighted by Gasteiger charge is 2.47. The lowest BCUT2D eigenvalue weighted by Gasteiger charge is -2.44. The van der Waals surface area contributed by atoms with Gasteiger partial charge >= 0.3 is 0 Å². The maximum Gasteiger partial charge on any atom is 0.148 e. The highest BCUT2D eigenvalue weighted by molar-refractivity contribution is 7.30. The predicted octanol–water partition coefficient (Wildman–Crippen LogP) is 4.56. The minimum Gasteiger partial charge on any atom is -0.168 e. The first kappa shape index (κ1) is 13.9. The minimum absolute atomic E-state index is 0.911. The monoisotopic (exact) mass is 252 g/mol. The predicted molar refractivity (Wildman–Crippen MR) is 73.8 cm³/mol. The molecule has 0 aromatic rings. The fraction of sp³-hybridized carbons (Fsp3) is 1.00. The average Bonchev–Trinajstić information content (AvgIpc) is 1.44. The van der Waals surface area contributed by atoms with Crippen LogP contribution >= 0.6 is 11.1 Å². The normalized spacial score (nSPS) is 15.2. The van der Waals surface area contributed by atoms with Gasteiger partial charge in [0.2, 0.25) is 0 Å². The average molecular weight is 253 g/mol. The lowest BCUT2D eigenvalue weighted by atomic mass is 11.7. The number of halogens is 1. The van der Waals surface area contributed by atoms with Crippen LogP contribution in [0.1, 0.15) is 0 Å². The van der Waals surface area contributed by atoms with Crippen LogP contribution in [0.2, 0.25) is 57.2 Å². The molecule has 0 atom stereocenters. The molecule has 0 spiro atoms. The first-order valence-corrected chi connectivity index (χ1v) is 16.3. The molecular formula is C9H25ClSi3. The van der Waals surface area contributed by atoms with Crippen LogP contribution in [-0.4, -0.2) is 23.5 Å². The van der Waals surface area contributed by atoms with E-state index in [1.165, 1.54) is 0 Å². The first-order valence-electron chi connectivity index (χ1n) is 5.06. The van der Waals surface area contributed by atoms with Crippen molar-refractivity contribution in [3.8, 4) is 0 Å². The molecule has 0 aromatic heterocycles. The lowest BCUT2D eigenvalue weighted by molar-refractivity contribution is 1.37. The zero-order chi connectivity index (χ0) is 11.1. The van der Waals surface area contributed by atoms with E-state index >= 15 is 0 Å². The standard InChI is InChI=1S/C9H25ClSi3/c1-11(2,3)9(12(4,5)6)13(7,8)10/h9H,1-8H3. The van der Waals surface area contributed by atoms with Gasteiger partial charge in [-0.15, -0.1) is 0 Å². The van der Waals surface area contributed by atoms with E-state index in [-0.39, 0.29) is 0 Å². The van der Waals surface area contributed by atoms with Gasteiger partial charge in [0.25, 0.3) is 0 Å². The molecule has 0 radical (unpaired) electrons. The SMILES string of the molecule is C[Si](C)(C)C([Si](C)(C)C)[Si](C)(C)Cl. The molecule has 0 rings (SSSR count). The van der Waals surface area contributed by atoms with Crippen molar-refractivity contribution in [2.45, 2.75) is 57.2 Å².